The molecule has 0 spiro atoms. The van der Waals surface area contributed by atoms with E-state index in [-0.39, 0.29) is 5.82 Å². The number of methoxy groups -OCH3 is 1. The zero-order valence-corrected chi connectivity index (χ0v) is 18.9. The number of halogens is 1. The molecule has 168 valence electrons. The molecule has 5 nitrogen and oxygen atoms in total. The van der Waals surface area contributed by atoms with Crippen LogP contribution in [-0.2, 0) is 6.54 Å². The highest BCUT2D eigenvalue weighted by molar-refractivity contribution is 5.94. The summed E-state index contributed by atoms with van der Waals surface area (Å²) >= 11 is 0. The van der Waals surface area contributed by atoms with Crippen LogP contribution in [0.1, 0.15) is 11.1 Å². The fraction of sp³-hybridized carbons (Fsp3) is 0.107. The lowest BCUT2D eigenvalue weighted by Gasteiger charge is -2.13. The van der Waals surface area contributed by atoms with Crippen molar-refractivity contribution < 1.29 is 9.13 Å². The van der Waals surface area contributed by atoms with Crippen LogP contribution in [-0.4, -0.2) is 22.1 Å². The lowest BCUT2D eigenvalue weighted by atomic mass is 10.0. The van der Waals surface area contributed by atoms with Crippen molar-refractivity contribution in [3.63, 3.8) is 0 Å². The number of benzene rings is 3. The van der Waals surface area contributed by atoms with Crippen molar-refractivity contribution in [2.24, 2.45) is 0 Å². The number of hydrogen-bond acceptors (Lipinski definition) is 5. The van der Waals surface area contributed by atoms with Gasteiger partial charge in [0.2, 0.25) is 0 Å². The first-order chi connectivity index (χ1) is 16.6. The molecule has 5 aromatic rings. The predicted molar refractivity (Wildman–Crippen MR) is 133 cm³/mol. The highest BCUT2D eigenvalue weighted by atomic mass is 19.1. The van der Waals surface area contributed by atoms with Crippen molar-refractivity contribution in [1.29, 1.82) is 0 Å². The van der Waals surface area contributed by atoms with E-state index in [9.17, 15) is 4.39 Å². The quantitative estimate of drug-likeness (QED) is 0.323. The molecule has 0 unspecified atom stereocenters. The minimum atomic E-state index is -0.210. The Morgan fingerprint density at radius 2 is 1.74 bits per heavy atom. The van der Waals surface area contributed by atoms with E-state index >= 15 is 0 Å². The van der Waals surface area contributed by atoms with E-state index < -0.39 is 0 Å². The van der Waals surface area contributed by atoms with Gasteiger partial charge >= 0.3 is 0 Å². The number of rotatable bonds is 6. The number of aryl methyl sites for hydroxylation is 1. The van der Waals surface area contributed by atoms with E-state index in [1.54, 1.807) is 32.5 Å². The Hall–Kier alpha value is -4.32. The first kappa shape index (κ1) is 21.5. The van der Waals surface area contributed by atoms with Gasteiger partial charge in [-0.1, -0.05) is 30.3 Å². The van der Waals surface area contributed by atoms with Crippen LogP contribution in [0, 0.1) is 12.7 Å². The van der Waals surface area contributed by atoms with Crippen molar-refractivity contribution in [2.75, 3.05) is 12.4 Å². The van der Waals surface area contributed by atoms with E-state index in [1.807, 2.05) is 54.6 Å². The number of fused-ring (bicyclic) bond motifs is 1. The molecular weight excluding hydrogens is 427 g/mol. The lowest BCUT2D eigenvalue weighted by molar-refractivity contribution is 0.415. The minimum Gasteiger partial charge on any atom is -0.497 e. The highest BCUT2D eigenvalue weighted by Crippen LogP contribution is 2.31. The van der Waals surface area contributed by atoms with Gasteiger partial charge in [-0.2, -0.15) is 0 Å². The fourth-order valence-corrected chi connectivity index (χ4v) is 3.87. The molecule has 3 aromatic carbocycles. The smallest absolute Gasteiger partial charge is 0.163 e. The summed E-state index contributed by atoms with van der Waals surface area (Å²) in [4.78, 5) is 13.8. The van der Waals surface area contributed by atoms with Crippen molar-refractivity contribution in [3.05, 3.63) is 102 Å². The Balaban J connectivity index is 1.59. The van der Waals surface area contributed by atoms with Crippen molar-refractivity contribution in [1.82, 2.24) is 15.0 Å². The summed E-state index contributed by atoms with van der Waals surface area (Å²) in [6, 6.07) is 23.0. The molecule has 2 heterocycles. The number of hydrogen-bond donors (Lipinski definition) is 1. The largest absolute Gasteiger partial charge is 0.497 e. The summed E-state index contributed by atoms with van der Waals surface area (Å²) in [6.45, 7) is 2.27. The van der Waals surface area contributed by atoms with Crippen LogP contribution >= 0.6 is 0 Å². The number of ether oxygens (including phenoxy) is 1. The summed E-state index contributed by atoms with van der Waals surface area (Å²) in [5, 5.41) is 4.34. The molecule has 0 saturated heterocycles. The van der Waals surface area contributed by atoms with E-state index in [0.29, 0.717) is 23.8 Å². The zero-order valence-electron chi connectivity index (χ0n) is 18.9. The Kier molecular flexibility index (Phi) is 5.87. The topological polar surface area (TPSA) is 59.9 Å². The van der Waals surface area contributed by atoms with Gasteiger partial charge in [0.1, 0.15) is 17.4 Å². The summed E-state index contributed by atoms with van der Waals surface area (Å²) in [6.07, 6.45) is 3.47. The average molecular weight is 451 g/mol. The molecule has 5 rings (SSSR count). The van der Waals surface area contributed by atoms with Crippen LogP contribution in [0.25, 0.3) is 33.4 Å². The normalized spacial score (nSPS) is 10.9. The van der Waals surface area contributed by atoms with Crippen LogP contribution in [0.5, 0.6) is 5.75 Å². The number of anilines is 1. The van der Waals surface area contributed by atoms with Gasteiger partial charge in [-0.05, 0) is 71.6 Å². The summed E-state index contributed by atoms with van der Waals surface area (Å²) in [5.74, 6) is 1.88. The second-order valence-electron chi connectivity index (χ2n) is 8.04. The Labute approximate surface area is 197 Å². The molecule has 0 aliphatic heterocycles. The number of nitrogens with one attached hydrogen (secondary N) is 1. The van der Waals surface area contributed by atoms with Crippen molar-refractivity contribution in [2.45, 2.75) is 13.5 Å². The molecule has 2 aromatic heterocycles. The van der Waals surface area contributed by atoms with Crippen LogP contribution in [0.2, 0.25) is 0 Å². The summed E-state index contributed by atoms with van der Waals surface area (Å²) in [5.41, 5.74) is 5.31. The van der Waals surface area contributed by atoms with Crippen LogP contribution < -0.4 is 10.1 Å². The minimum absolute atomic E-state index is 0.210. The Morgan fingerprint density at radius 3 is 2.53 bits per heavy atom. The molecular formula is C28H23FN4O. The summed E-state index contributed by atoms with van der Waals surface area (Å²) < 4.78 is 19.1. The number of nitrogens with zero attached hydrogens (tertiary/aromatic N) is 3. The van der Waals surface area contributed by atoms with Crippen LogP contribution in [0.4, 0.5) is 10.2 Å². The molecule has 0 radical (unpaired) electrons. The lowest BCUT2D eigenvalue weighted by Crippen LogP contribution is -2.05. The second-order valence-corrected chi connectivity index (χ2v) is 8.04. The summed E-state index contributed by atoms with van der Waals surface area (Å²) in [7, 11) is 1.66. The third kappa shape index (κ3) is 4.43. The van der Waals surface area contributed by atoms with E-state index in [0.717, 1.165) is 38.9 Å². The van der Waals surface area contributed by atoms with E-state index in [4.69, 9.17) is 14.7 Å². The SMILES string of the molecule is COc1cccc(-c2ccc3nc(-c4cccnc4)nc(NCc4ccc(F)c(C)c4)c3c2)c1. The highest BCUT2D eigenvalue weighted by Gasteiger charge is 2.12. The maximum absolute atomic E-state index is 13.7. The van der Waals surface area contributed by atoms with Crippen molar-refractivity contribution in [3.8, 4) is 28.3 Å². The third-order valence-electron chi connectivity index (χ3n) is 5.70. The Bertz CT molecular complexity index is 1470. The van der Waals surface area contributed by atoms with E-state index in [2.05, 4.69) is 16.4 Å². The monoisotopic (exact) mass is 450 g/mol. The number of aromatic nitrogens is 3. The van der Waals surface area contributed by atoms with Crippen LogP contribution in [0.3, 0.4) is 0 Å². The van der Waals surface area contributed by atoms with Gasteiger partial charge in [0.05, 0.1) is 12.6 Å². The molecule has 1 N–H and O–H groups in total. The second kappa shape index (κ2) is 9.27. The molecule has 0 aliphatic carbocycles. The molecule has 0 aliphatic rings. The molecule has 0 bridgehead atoms. The average Bonchev–Trinajstić information content (AvgIpc) is 2.89. The molecule has 34 heavy (non-hydrogen) atoms. The van der Waals surface area contributed by atoms with Gasteiger partial charge in [-0.15, -0.1) is 0 Å². The molecule has 0 amide bonds. The Morgan fingerprint density at radius 1 is 0.882 bits per heavy atom. The van der Waals surface area contributed by atoms with Gasteiger partial charge in [-0.3, -0.25) is 4.98 Å². The molecule has 6 heteroatoms. The van der Waals surface area contributed by atoms with Gasteiger partial charge in [0.25, 0.3) is 0 Å². The fourth-order valence-electron chi connectivity index (χ4n) is 3.87. The molecule has 0 saturated carbocycles. The first-order valence-corrected chi connectivity index (χ1v) is 11.0. The van der Waals surface area contributed by atoms with Gasteiger partial charge in [0, 0.05) is 29.9 Å². The molecule has 0 atom stereocenters. The van der Waals surface area contributed by atoms with Crippen LogP contribution in [0.15, 0.2) is 85.2 Å². The predicted octanol–water partition coefficient (Wildman–Crippen LogP) is 6.43. The third-order valence-corrected chi connectivity index (χ3v) is 5.70. The number of pyridine rings is 1. The maximum atomic E-state index is 13.7. The first-order valence-electron chi connectivity index (χ1n) is 11.0. The van der Waals surface area contributed by atoms with Gasteiger partial charge in [0.15, 0.2) is 5.82 Å². The van der Waals surface area contributed by atoms with E-state index in [1.165, 1.54) is 6.07 Å². The standard InChI is InChI=1S/C28H23FN4O/c1-18-13-19(8-10-25(18)29)16-31-28-24-15-21(20-5-3-7-23(14-20)34-2)9-11-26(24)32-27(33-28)22-6-4-12-30-17-22/h3-15,17H,16H2,1-2H3,(H,31,32,33). The maximum Gasteiger partial charge on any atom is 0.163 e. The van der Waals surface area contributed by atoms with Gasteiger partial charge in [-0.25, -0.2) is 14.4 Å². The van der Waals surface area contributed by atoms with Crippen molar-refractivity contribution >= 4 is 16.7 Å². The molecule has 0 fully saturated rings. The zero-order chi connectivity index (χ0) is 23.5. The van der Waals surface area contributed by atoms with Gasteiger partial charge < -0.3 is 10.1 Å².